The first kappa shape index (κ1) is 24.4. The van der Waals surface area contributed by atoms with Crippen LogP contribution < -0.4 is 0 Å². The van der Waals surface area contributed by atoms with E-state index in [4.69, 9.17) is 4.99 Å². The van der Waals surface area contributed by atoms with Crippen LogP contribution in [0.3, 0.4) is 0 Å². The third kappa shape index (κ3) is 6.90. The Morgan fingerprint density at radius 1 is 0.886 bits per heavy atom. The first-order valence-electron chi connectivity index (χ1n) is 12.4. The Bertz CT molecular complexity index is 1270. The number of allylic oxidation sites excluding steroid dienone is 6. The van der Waals surface area contributed by atoms with Gasteiger partial charge in [0.15, 0.2) is 0 Å². The predicted molar refractivity (Wildman–Crippen MR) is 153 cm³/mol. The fourth-order valence-electron chi connectivity index (χ4n) is 4.65. The molecule has 0 N–H and O–H groups in total. The van der Waals surface area contributed by atoms with E-state index in [1.165, 1.54) is 39.1 Å². The number of rotatable bonds is 5. The summed E-state index contributed by atoms with van der Waals surface area (Å²) in [7, 11) is 0. The Hall–Kier alpha value is -3.71. The van der Waals surface area contributed by atoms with Crippen molar-refractivity contribution in [2.45, 2.75) is 39.5 Å². The van der Waals surface area contributed by atoms with E-state index < -0.39 is 0 Å². The summed E-state index contributed by atoms with van der Waals surface area (Å²) in [5.41, 5.74) is 11.5. The monoisotopic (exact) mass is 457 g/mol. The molecule has 1 heteroatoms. The van der Waals surface area contributed by atoms with E-state index in [1.807, 2.05) is 36.4 Å². The van der Waals surface area contributed by atoms with Crippen LogP contribution in [-0.2, 0) is 0 Å². The largest absolute Gasteiger partial charge is 0.257 e. The lowest BCUT2D eigenvalue weighted by atomic mass is 9.92. The summed E-state index contributed by atoms with van der Waals surface area (Å²) in [6.45, 7) is 12.6. The minimum atomic E-state index is 0.517. The quantitative estimate of drug-likeness (QED) is 0.338. The molecule has 1 fully saturated rings. The lowest BCUT2D eigenvalue weighted by molar-refractivity contribution is 0.657. The van der Waals surface area contributed by atoms with Crippen molar-refractivity contribution in [3.63, 3.8) is 0 Å². The van der Waals surface area contributed by atoms with Crippen molar-refractivity contribution in [1.29, 1.82) is 0 Å². The minimum Gasteiger partial charge on any atom is -0.257 e. The normalized spacial score (nSPS) is 18.1. The van der Waals surface area contributed by atoms with Gasteiger partial charge in [-0.05, 0) is 73.9 Å². The van der Waals surface area contributed by atoms with E-state index in [0.717, 1.165) is 36.9 Å². The van der Waals surface area contributed by atoms with Gasteiger partial charge in [0, 0.05) is 12.1 Å². The zero-order valence-electron chi connectivity index (χ0n) is 21.0. The van der Waals surface area contributed by atoms with Gasteiger partial charge in [-0.1, -0.05) is 114 Å². The Morgan fingerprint density at radius 3 is 2.26 bits per heavy atom. The molecule has 5 rings (SSSR count). The molecule has 1 saturated carbocycles. The van der Waals surface area contributed by atoms with Crippen LogP contribution in [0.4, 0.5) is 5.69 Å². The van der Waals surface area contributed by atoms with E-state index in [0.29, 0.717) is 5.92 Å². The number of aryl methyl sites for hydroxylation is 1. The highest BCUT2D eigenvalue weighted by molar-refractivity contribution is 5.92. The summed E-state index contributed by atoms with van der Waals surface area (Å²) in [5.74, 6) is 0.517. The molecule has 35 heavy (non-hydrogen) atoms. The maximum atomic E-state index is 4.84. The molecule has 3 aromatic carbocycles. The van der Waals surface area contributed by atoms with Gasteiger partial charge in [-0.25, -0.2) is 0 Å². The number of benzene rings is 3. The zero-order chi connectivity index (χ0) is 24.6. The van der Waals surface area contributed by atoms with Crippen LogP contribution in [0.5, 0.6) is 0 Å². The Morgan fingerprint density at radius 2 is 1.60 bits per heavy atom. The van der Waals surface area contributed by atoms with E-state index in [9.17, 15) is 0 Å². The van der Waals surface area contributed by atoms with Gasteiger partial charge < -0.3 is 0 Å². The van der Waals surface area contributed by atoms with Gasteiger partial charge in [-0.2, -0.15) is 0 Å². The second kappa shape index (κ2) is 11.6. The molecule has 0 spiro atoms. The van der Waals surface area contributed by atoms with Gasteiger partial charge >= 0.3 is 0 Å². The fourth-order valence-corrected chi connectivity index (χ4v) is 4.65. The van der Waals surface area contributed by atoms with E-state index >= 15 is 0 Å². The molecule has 1 unspecified atom stereocenters. The number of nitrogens with zero attached hydrogens (tertiary/aromatic N) is 1. The third-order valence-corrected chi connectivity index (χ3v) is 6.65. The predicted octanol–water partition coefficient (Wildman–Crippen LogP) is 9.56. The topological polar surface area (TPSA) is 12.4 Å². The standard InChI is InChI=1S/C27H27N.C7H8/c1-19(2)22-8-7-9-23(17-22)24-13-12-21(15-24)16-25-18-27(14-20(25)3)28-26-10-5-4-6-11-26;1-7-5-3-2-4-6-7/h4-13,17,25H,1,3,14-16,18H2,2H3;2-6H,1H3. The molecule has 0 heterocycles. The van der Waals surface area contributed by atoms with Gasteiger partial charge in [0.1, 0.15) is 0 Å². The highest BCUT2D eigenvalue weighted by Crippen LogP contribution is 2.38. The summed E-state index contributed by atoms with van der Waals surface area (Å²) in [4.78, 5) is 4.84. The molecule has 3 aromatic rings. The Labute approximate surface area is 211 Å². The Balaban J connectivity index is 0.000000356. The van der Waals surface area contributed by atoms with Gasteiger partial charge in [-0.3, -0.25) is 4.99 Å². The number of aliphatic imine (C=N–C) groups is 1. The van der Waals surface area contributed by atoms with Crippen molar-refractivity contribution in [3.8, 4) is 0 Å². The molecule has 1 atom stereocenters. The molecule has 0 amide bonds. The molecule has 2 aliphatic rings. The molecule has 1 nitrogen and oxygen atoms in total. The molecule has 0 radical (unpaired) electrons. The maximum Gasteiger partial charge on any atom is 0.0629 e. The van der Waals surface area contributed by atoms with E-state index in [1.54, 1.807) is 0 Å². The van der Waals surface area contributed by atoms with Gasteiger partial charge in [0.05, 0.1) is 5.69 Å². The number of hydrogen-bond donors (Lipinski definition) is 0. The molecule has 0 aromatic heterocycles. The van der Waals surface area contributed by atoms with Crippen LogP contribution in [0.1, 0.15) is 49.3 Å². The molecule has 176 valence electrons. The first-order chi connectivity index (χ1) is 17.0. The maximum absolute atomic E-state index is 4.84. The lowest BCUT2D eigenvalue weighted by Crippen LogP contribution is -1.99. The Kier molecular flexibility index (Phi) is 8.11. The molecule has 0 aliphatic heterocycles. The molecular weight excluding hydrogens is 422 g/mol. The summed E-state index contributed by atoms with van der Waals surface area (Å²) in [6, 6.07) is 29.2. The highest BCUT2D eigenvalue weighted by atomic mass is 14.8. The second-order valence-corrected chi connectivity index (χ2v) is 9.66. The van der Waals surface area contributed by atoms with Gasteiger partial charge in [0.25, 0.3) is 0 Å². The lowest BCUT2D eigenvalue weighted by Gasteiger charge is -2.13. The molecule has 2 aliphatic carbocycles. The van der Waals surface area contributed by atoms with Crippen molar-refractivity contribution >= 4 is 22.5 Å². The summed E-state index contributed by atoms with van der Waals surface area (Å²) >= 11 is 0. The molecule has 0 bridgehead atoms. The highest BCUT2D eigenvalue weighted by Gasteiger charge is 2.26. The van der Waals surface area contributed by atoms with Gasteiger partial charge in [0.2, 0.25) is 0 Å². The van der Waals surface area contributed by atoms with Crippen molar-refractivity contribution in [1.82, 2.24) is 0 Å². The van der Waals surface area contributed by atoms with Crippen molar-refractivity contribution in [3.05, 3.63) is 138 Å². The zero-order valence-corrected chi connectivity index (χ0v) is 21.0. The van der Waals surface area contributed by atoms with Crippen LogP contribution in [-0.4, -0.2) is 5.71 Å². The van der Waals surface area contributed by atoms with Crippen molar-refractivity contribution in [2.24, 2.45) is 10.9 Å². The molecule has 0 saturated heterocycles. The van der Waals surface area contributed by atoms with Crippen LogP contribution in [0.15, 0.2) is 126 Å². The average molecular weight is 458 g/mol. The second-order valence-electron chi connectivity index (χ2n) is 9.66. The third-order valence-electron chi connectivity index (χ3n) is 6.65. The van der Waals surface area contributed by atoms with Crippen LogP contribution in [0.25, 0.3) is 11.1 Å². The SMILES string of the molecule is C=C(C)c1cccc(C2=CC=C(CC3CC(=Nc4ccccc4)CC3=C)C2)c1.Cc1ccccc1. The fraction of sp³-hybridized carbons (Fsp3) is 0.206. The van der Waals surface area contributed by atoms with Gasteiger partial charge in [-0.15, -0.1) is 0 Å². The smallest absolute Gasteiger partial charge is 0.0629 e. The number of hydrogen-bond acceptors (Lipinski definition) is 1. The van der Waals surface area contributed by atoms with E-state index in [-0.39, 0.29) is 0 Å². The van der Waals surface area contributed by atoms with Crippen LogP contribution >= 0.6 is 0 Å². The van der Waals surface area contributed by atoms with Crippen LogP contribution in [0.2, 0.25) is 0 Å². The summed E-state index contributed by atoms with van der Waals surface area (Å²) in [6.07, 6.45) is 8.69. The van der Waals surface area contributed by atoms with Crippen LogP contribution in [0, 0.1) is 12.8 Å². The molecular formula is C34H35N. The average Bonchev–Trinajstić information content (AvgIpc) is 3.47. The minimum absolute atomic E-state index is 0.517. The summed E-state index contributed by atoms with van der Waals surface area (Å²) < 4.78 is 0. The van der Waals surface area contributed by atoms with Crippen molar-refractivity contribution in [2.75, 3.05) is 0 Å². The summed E-state index contributed by atoms with van der Waals surface area (Å²) in [5, 5.41) is 0. The van der Waals surface area contributed by atoms with Crippen molar-refractivity contribution < 1.29 is 0 Å². The first-order valence-corrected chi connectivity index (χ1v) is 12.4. The number of para-hydroxylation sites is 1. The van der Waals surface area contributed by atoms with E-state index in [2.05, 4.69) is 87.7 Å².